The quantitative estimate of drug-likeness (QED) is 0.686. The number of hydrogen-bond acceptors (Lipinski definition) is 6. The minimum Gasteiger partial charge on any atom is -0.497 e. The number of carbonyl (C=O) groups excluding carboxylic acids is 3. The number of benzene rings is 1. The van der Waals surface area contributed by atoms with Gasteiger partial charge in [-0.2, -0.15) is 0 Å². The Labute approximate surface area is 156 Å². The Hall–Kier alpha value is -3.29. The van der Waals surface area contributed by atoms with Crippen LogP contribution >= 0.6 is 0 Å². The molecule has 2 rings (SSSR count). The van der Waals surface area contributed by atoms with Gasteiger partial charge in [-0.25, -0.2) is 4.79 Å². The van der Waals surface area contributed by atoms with Crippen LogP contribution in [0.2, 0.25) is 0 Å². The van der Waals surface area contributed by atoms with Gasteiger partial charge >= 0.3 is 5.97 Å². The molecule has 0 saturated carbocycles. The van der Waals surface area contributed by atoms with Gasteiger partial charge in [0.05, 0.1) is 13.4 Å². The number of methoxy groups -OCH3 is 1. The summed E-state index contributed by atoms with van der Waals surface area (Å²) in [7, 11) is 1.52. The third-order valence-corrected chi connectivity index (χ3v) is 3.65. The number of carbonyl (C=O) groups is 3. The molecule has 144 valence electrons. The van der Waals surface area contributed by atoms with Crippen molar-refractivity contribution in [2.45, 2.75) is 19.9 Å². The van der Waals surface area contributed by atoms with Crippen LogP contribution in [0.5, 0.6) is 5.75 Å². The average molecular weight is 374 g/mol. The van der Waals surface area contributed by atoms with E-state index in [4.69, 9.17) is 13.9 Å². The number of anilines is 1. The standard InChI is InChI=1S/C19H22N2O6/c1-12(2)17(21-18(23)15-8-5-9-26-15)19(24)27-11-16(22)20-13-6-4-7-14(10-13)25-3/h4-10,12,17H,11H2,1-3H3,(H,20,22)(H,21,23)/t17-/m0/s1. The van der Waals surface area contributed by atoms with E-state index < -0.39 is 30.4 Å². The zero-order chi connectivity index (χ0) is 19.8. The van der Waals surface area contributed by atoms with Crippen molar-refractivity contribution in [3.63, 3.8) is 0 Å². The Morgan fingerprint density at radius 3 is 2.56 bits per heavy atom. The summed E-state index contributed by atoms with van der Waals surface area (Å²) in [4.78, 5) is 36.3. The molecule has 0 spiro atoms. The highest BCUT2D eigenvalue weighted by Gasteiger charge is 2.27. The Morgan fingerprint density at radius 2 is 1.93 bits per heavy atom. The first-order valence-electron chi connectivity index (χ1n) is 8.35. The molecule has 2 aromatic rings. The van der Waals surface area contributed by atoms with E-state index in [0.29, 0.717) is 11.4 Å². The summed E-state index contributed by atoms with van der Waals surface area (Å²) in [6.07, 6.45) is 1.36. The molecule has 0 fully saturated rings. The minimum atomic E-state index is -0.910. The first-order chi connectivity index (χ1) is 12.9. The lowest BCUT2D eigenvalue weighted by molar-refractivity contribution is -0.150. The maximum absolute atomic E-state index is 12.3. The Kier molecular flexibility index (Phi) is 6.99. The second-order valence-electron chi connectivity index (χ2n) is 6.06. The molecule has 1 aromatic heterocycles. The summed E-state index contributed by atoms with van der Waals surface area (Å²) in [5, 5.41) is 5.16. The molecule has 0 aliphatic carbocycles. The number of nitrogens with one attached hydrogen (secondary N) is 2. The molecule has 2 N–H and O–H groups in total. The van der Waals surface area contributed by atoms with Crippen molar-refractivity contribution in [2.75, 3.05) is 19.0 Å². The van der Waals surface area contributed by atoms with E-state index in [9.17, 15) is 14.4 Å². The third kappa shape index (κ3) is 5.88. The fourth-order valence-electron chi connectivity index (χ4n) is 2.24. The van der Waals surface area contributed by atoms with Gasteiger partial charge in [0, 0.05) is 11.8 Å². The smallest absolute Gasteiger partial charge is 0.329 e. The lowest BCUT2D eigenvalue weighted by Crippen LogP contribution is -2.45. The number of esters is 1. The largest absolute Gasteiger partial charge is 0.497 e. The van der Waals surface area contributed by atoms with Gasteiger partial charge in [0.2, 0.25) is 0 Å². The average Bonchev–Trinajstić information content (AvgIpc) is 3.18. The fourth-order valence-corrected chi connectivity index (χ4v) is 2.24. The van der Waals surface area contributed by atoms with Gasteiger partial charge in [-0.15, -0.1) is 0 Å². The van der Waals surface area contributed by atoms with E-state index in [1.165, 1.54) is 19.4 Å². The van der Waals surface area contributed by atoms with E-state index in [-0.39, 0.29) is 11.7 Å². The Balaban J connectivity index is 1.89. The van der Waals surface area contributed by atoms with Crippen LogP contribution in [0.4, 0.5) is 5.69 Å². The highest BCUT2D eigenvalue weighted by Crippen LogP contribution is 2.16. The second-order valence-corrected chi connectivity index (χ2v) is 6.06. The van der Waals surface area contributed by atoms with Crippen molar-refractivity contribution in [2.24, 2.45) is 5.92 Å². The van der Waals surface area contributed by atoms with Crippen molar-refractivity contribution in [3.8, 4) is 5.75 Å². The van der Waals surface area contributed by atoms with Gasteiger partial charge in [0.1, 0.15) is 11.8 Å². The summed E-state index contributed by atoms with van der Waals surface area (Å²) in [6.45, 7) is 3.03. The van der Waals surface area contributed by atoms with Crippen LogP contribution < -0.4 is 15.4 Å². The number of furan rings is 1. The molecular formula is C19H22N2O6. The van der Waals surface area contributed by atoms with Crippen molar-refractivity contribution < 1.29 is 28.3 Å². The summed E-state index contributed by atoms with van der Waals surface area (Å²) in [5.41, 5.74) is 0.516. The van der Waals surface area contributed by atoms with Crippen molar-refractivity contribution in [1.82, 2.24) is 5.32 Å². The lowest BCUT2D eigenvalue weighted by atomic mass is 10.0. The van der Waals surface area contributed by atoms with Crippen LogP contribution in [0, 0.1) is 5.92 Å². The van der Waals surface area contributed by atoms with Crippen LogP contribution in [-0.2, 0) is 14.3 Å². The number of hydrogen-bond donors (Lipinski definition) is 2. The Bertz CT molecular complexity index is 785. The lowest BCUT2D eigenvalue weighted by Gasteiger charge is -2.20. The minimum absolute atomic E-state index is 0.0872. The maximum Gasteiger partial charge on any atom is 0.329 e. The first kappa shape index (κ1) is 20.0. The van der Waals surface area contributed by atoms with Crippen LogP contribution in [0.3, 0.4) is 0 Å². The predicted molar refractivity (Wildman–Crippen MR) is 97.4 cm³/mol. The van der Waals surface area contributed by atoms with Gasteiger partial charge < -0.3 is 24.5 Å². The van der Waals surface area contributed by atoms with E-state index in [1.807, 2.05) is 0 Å². The van der Waals surface area contributed by atoms with Crippen LogP contribution in [-0.4, -0.2) is 37.5 Å². The van der Waals surface area contributed by atoms with E-state index in [1.54, 1.807) is 44.2 Å². The molecule has 0 aliphatic heterocycles. The maximum atomic E-state index is 12.3. The fraction of sp³-hybridized carbons (Fsp3) is 0.316. The molecule has 0 unspecified atom stereocenters. The molecule has 27 heavy (non-hydrogen) atoms. The molecular weight excluding hydrogens is 352 g/mol. The first-order valence-corrected chi connectivity index (χ1v) is 8.35. The summed E-state index contributed by atoms with van der Waals surface area (Å²) in [6, 6.07) is 8.93. The van der Waals surface area contributed by atoms with E-state index in [2.05, 4.69) is 10.6 Å². The SMILES string of the molecule is COc1cccc(NC(=O)COC(=O)[C@@H](NC(=O)c2ccco2)C(C)C)c1. The van der Waals surface area contributed by atoms with Gasteiger partial charge in [0.25, 0.3) is 11.8 Å². The van der Waals surface area contributed by atoms with Crippen LogP contribution in [0.15, 0.2) is 47.1 Å². The molecule has 8 heteroatoms. The zero-order valence-electron chi connectivity index (χ0n) is 15.4. The molecule has 1 aromatic carbocycles. The zero-order valence-corrected chi connectivity index (χ0v) is 15.4. The predicted octanol–water partition coefficient (Wildman–Crippen LogP) is 2.22. The Morgan fingerprint density at radius 1 is 1.15 bits per heavy atom. The molecule has 8 nitrogen and oxygen atoms in total. The third-order valence-electron chi connectivity index (χ3n) is 3.65. The van der Waals surface area contributed by atoms with Crippen molar-refractivity contribution in [3.05, 3.63) is 48.4 Å². The van der Waals surface area contributed by atoms with Gasteiger partial charge in [-0.1, -0.05) is 19.9 Å². The van der Waals surface area contributed by atoms with Gasteiger partial charge in [-0.3, -0.25) is 9.59 Å². The highest BCUT2D eigenvalue weighted by molar-refractivity contribution is 5.96. The van der Waals surface area contributed by atoms with Crippen molar-refractivity contribution >= 4 is 23.5 Å². The molecule has 0 radical (unpaired) electrons. The number of amides is 2. The highest BCUT2D eigenvalue weighted by atomic mass is 16.5. The second kappa shape index (κ2) is 9.42. The van der Waals surface area contributed by atoms with Crippen molar-refractivity contribution in [1.29, 1.82) is 0 Å². The number of rotatable bonds is 8. The molecule has 1 heterocycles. The van der Waals surface area contributed by atoms with Crippen LogP contribution in [0.25, 0.3) is 0 Å². The molecule has 0 saturated heterocycles. The van der Waals surface area contributed by atoms with Crippen LogP contribution in [0.1, 0.15) is 24.4 Å². The molecule has 0 aliphatic rings. The molecule has 2 amide bonds. The van der Waals surface area contributed by atoms with Gasteiger partial charge in [0.15, 0.2) is 12.4 Å². The summed E-state index contributed by atoms with van der Waals surface area (Å²) < 4.78 is 15.1. The molecule has 1 atom stereocenters. The summed E-state index contributed by atoms with van der Waals surface area (Å²) in [5.74, 6) is -1.30. The molecule has 0 bridgehead atoms. The topological polar surface area (TPSA) is 107 Å². The summed E-state index contributed by atoms with van der Waals surface area (Å²) >= 11 is 0. The van der Waals surface area contributed by atoms with E-state index in [0.717, 1.165) is 0 Å². The van der Waals surface area contributed by atoms with Gasteiger partial charge in [-0.05, 0) is 30.2 Å². The normalized spacial score (nSPS) is 11.6. The number of ether oxygens (including phenoxy) is 2. The van der Waals surface area contributed by atoms with E-state index >= 15 is 0 Å². The monoisotopic (exact) mass is 374 g/mol.